The minimum Gasteiger partial charge on any atom is -0.354 e. The van der Waals surface area contributed by atoms with E-state index in [1.807, 2.05) is 0 Å². The molecule has 1 saturated heterocycles. The second-order valence-electron chi connectivity index (χ2n) is 6.53. The second kappa shape index (κ2) is 9.43. The molecule has 0 aliphatic carbocycles. The molecule has 0 radical (unpaired) electrons. The van der Waals surface area contributed by atoms with Gasteiger partial charge < -0.3 is 10.2 Å². The first kappa shape index (κ1) is 20.0. The molecule has 1 aromatic heterocycles. The van der Waals surface area contributed by atoms with Crippen LogP contribution in [-0.4, -0.2) is 64.8 Å². The summed E-state index contributed by atoms with van der Waals surface area (Å²) in [6, 6.07) is 6.44. The Labute approximate surface area is 167 Å². The van der Waals surface area contributed by atoms with Crippen LogP contribution in [0.3, 0.4) is 0 Å². The van der Waals surface area contributed by atoms with Crippen molar-refractivity contribution in [3.63, 3.8) is 0 Å². The SMILES string of the molecule is C[C@@H](Cl)C(=O)NCCN1CCN(c2nc(Cc3ccc(F)cc3)ns2)CC1. The van der Waals surface area contributed by atoms with Crippen LogP contribution >= 0.6 is 23.1 Å². The summed E-state index contributed by atoms with van der Waals surface area (Å²) in [7, 11) is 0. The molecule has 1 amide bonds. The van der Waals surface area contributed by atoms with Crippen LogP contribution in [0, 0.1) is 5.82 Å². The third-order valence-corrected chi connectivity index (χ3v) is 5.48. The summed E-state index contributed by atoms with van der Waals surface area (Å²) in [6.45, 7) is 6.68. The number of nitrogens with zero attached hydrogens (tertiary/aromatic N) is 4. The maximum absolute atomic E-state index is 13.0. The topological polar surface area (TPSA) is 61.4 Å². The number of alkyl halides is 1. The zero-order valence-electron chi connectivity index (χ0n) is 15.2. The molecule has 2 heterocycles. The van der Waals surface area contributed by atoms with Crippen molar-refractivity contribution in [1.82, 2.24) is 19.6 Å². The highest BCUT2D eigenvalue weighted by atomic mass is 35.5. The summed E-state index contributed by atoms with van der Waals surface area (Å²) >= 11 is 7.14. The van der Waals surface area contributed by atoms with E-state index in [9.17, 15) is 9.18 Å². The van der Waals surface area contributed by atoms with E-state index in [2.05, 4.69) is 24.5 Å². The third-order valence-electron chi connectivity index (χ3n) is 4.46. The highest BCUT2D eigenvalue weighted by molar-refractivity contribution is 7.09. The Morgan fingerprint density at radius 2 is 2.00 bits per heavy atom. The fourth-order valence-corrected chi connectivity index (χ4v) is 3.68. The number of hydrogen-bond donors (Lipinski definition) is 1. The van der Waals surface area contributed by atoms with Gasteiger partial charge in [0.05, 0.1) is 0 Å². The first-order valence-electron chi connectivity index (χ1n) is 8.97. The van der Waals surface area contributed by atoms with E-state index in [1.54, 1.807) is 19.1 Å². The number of hydrogen-bond acceptors (Lipinski definition) is 6. The molecule has 0 spiro atoms. The van der Waals surface area contributed by atoms with Crippen molar-refractivity contribution >= 4 is 34.2 Å². The van der Waals surface area contributed by atoms with Gasteiger partial charge in [-0.1, -0.05) is 12.1 Å². The lowest BCUT2D eigenvalue weighted by molar-refractivity contribution is -0.120. The van der Waals surface area contributed by atoms with Gasteiger partial charge in [0.15, 0.2) is 0 Å². The molecule has 9 heteroatoms. The van der Waals surface area contributed by atoms with Crippen LogP contribution in [0.5, 0.6) is 0 Å². The predicted octanol–water partition coefficient (Wildman–Crippen LogP) is 2.13. The van der Waals surface area contributed by atoms with Crippen molar-refractivity contribution in [1.29, 1.82) is 0 Å². The van der Waals surface area contributed by atoms with E-state index < -0.39 is 5.38 Å². The van der Waals surface area contributed by atoms with Crippen LogP contribution in [0.25, 0.3) is 0 Å². The molecule has 1 aromatic carbocycles. The Morgan fingerprint density at radius 1 is 1.30 bits per heavy atom. The van der Waals surface area contributed by atoms with Crippen LogP contribution in [0.15, 0.2) is 24.3 Å². The van der Waals surface area contributed by atoms with E-state index in [0.717, 1.165) is 49.2 Å². The van der Waals surface area contributed by atoms with Gasteiger partial charge >= 0.3 is 0 Å². The molecule has 1 atom stereocenters. The van der Waals surface area contributed by atoms with E-state index in [-0.39, 0.29) is 11.7 Å². The summed E-state index contributed by atoms with van der Waals surface area (Å²) in [5.41, 5.74) is 0.999. The molecular formula is C18H23ClFN5OS. The minimum atomic E-state index is -0.497. The van der Waals surface area contributed by atoms with Crippen LogP contribution in [0.1, 0.15) is 18.3 Å². The van der Waals surface area contributed by atoms with Crippen LogP contribution in [0.2, 0.25) is 0 Å². The highest BCUT2D eigenvalue weighted by Gasteiger charge is 2.20. The van der Waals surface area contributed by atoms with E-state index in [1.165, 1.54) is 23.7 Å². The van der Waals surface area contributed by atoms with Gasteiger partial charge in [-0.3, -0.25) is 9.69 Å². The van der Waals surface area contributed by atoms with Gasteiger partial charge in [-0.05, 0) is 24.6 Å². The molecule has 27 heavy (non-hydrogen) atoms. The molecule has 0 bridgehead atoms. The van der Waals surface area contributed by atoms with Gasteiger partial charge in [-0.2, -0.15) is 4.37 Å². The summed E-state index contributed by atoms with van der Waals surface area (Å²) in [5.74, 6) is 0.403. The molecule has 1 N–H and O–H groups in total. The van der Waals surface area contributed by atoms with Gasteiger partial charge in [0.25, 0.3) is 0 Å². The number of aromatic nitrogens is 2. The van der Waals surface area contributed by atoms with Crippen molar-refractivity contribution in [2.45, 2.75) is 18.7 Å². The number of anilines is 1. The first-order chi connectivity index (χ1) is 13.0. The normalized spacial score (nSPS) is 16.3. The standard InChI is InChI=1S/C18H23ClFN5OS/c1-13(19)17(26)21-6-7-24-8-10-25(11-9-24)18-22-16(23-27-18)12-14-2-4-15(20)5-3-14/h2-5,13H,6-12H2,1H3,(H,21,26)/t13-/m1/s1. The van der Waals surface area contributed by atoms with Gasteiger partial charge in [-0.25, -0.2) is 9.37 Å². The molecule has 3 rings (SSSR count). The van der Waals surface area contributed by atoms with Crippen LogP contribution in [0.4, 0.5) is 9.52 Å². The Bertz CT molecular complexity index is 746. The summed E-state index contributed by atoms with van der Waals surface area (Å²) in [5, 5.41) is 3.26. The van der Waals surface area contributed by atoms with Gasteiger partial charge in [0, 0.05) is 57.2 Å². The van der Waals surface area contributed by atoms with Crippen molar-refractivity contribution in [2.24, 2.45) is 0 Å². The van der Waals surface area contributed by atoms with E-state index in [4.69, 9.17) is 11.6 Å². The zero-order valence-corrected chi connectivity index (χ0v) is 16.8. The Hall–Kier alpha value is -1.77. The number of carbonyl (C=O) groups is 1. The molecule has 6 nitrogen and oxygen atoms in total. The lowest BCUT2D eigenvalue weighted by atomic mass is 10.1. The molecule has 1 aliphatic rings. The molecular weight excluding hydrogens is 389 g/mol. The predicted molar refractivity (Wildman–Crippen MR) is 106 cm³/mol. The van der Waals surface area contributed by atoms with Gasteiger partial charge in [0.1, 0.15) is 17.0 Å². The Morgan fingerprint density at radius 3 is 2.67 bits per heavy atom. The quantitative estimate of drug-likeness (QED) is 0.707. The van der Waals surface area contributed by atoms with Gasteiger partial charge in [-0.15, -0.1) is 11.6 Å². The van der Waals surface area contributed by atoms with Crippen LogP contribution in [-0.2, 0) is 11.2 Å². The maximum Gasteiger partial charge on any atom is 0.237 e. The molecule has 1 fully saturated rings. The number of benzene rings is 1. The zero-order chi connectivity index (χ0) is 19.2. The largest absolute Gasteiger partial charge is 0.354 e. The van der Waals surface area contributed by atoms with E-state index in [0.29, 0.717) is 13.0 Å². The Kier molecular flexibility index (Phi) is 6.98. The number of nitrogens with one attached hydrogen (secondary N) is 1. The third kappa shape index (κ3) is 5.85. The number of rotatable bonds is 7. The summed E-state index contributed by atoms with van der Waals surface area (Å²) in [4.78, 5) is 20.7. The summed E-state index contributed by atoms with van der Waals surface area (Å²) in [6.07, 6.45) is 0.607. The van der Waals surface area contributed by atoms with E-state index >= 15 is 0 Å². The van der Waals surface area contributed by atoms with Crippen molar-refractivity contribution in [3.05, 3.63) is 41.5 Å². The second-order valence-corrected chi connectivity index (χ2v) is 7.92. The van der Waals surface area contributed by atoms with Crippen molar-refractivity contribution < 1.29 is 9.18 Å². The van der Waals surface area contributed by atoms with Crippen molar-refractivity contribution in [2.75, 3.05) is 44.2 Å². The molecule has 0 saturated carbocycles. The number of piperazine rings is 1. The molecule has 2 aromatic rings. The van der Waals surface area contributed by atoms with Crippen molar-refractivity contribution in [3.8, 4) is 0 Å². The first-order valence-corrected chi connectivity index (χ1v) is 10.2. The number of halogens is 2. The molecule has 1 aliphatic heterocycles. The Balaban J connectivity index is 1.44. The fraction of sp³-hybridized carbons (Fsp3) is 0.500. The molecule has 146 valence electrons. The van der Waals surface area contributed by atoms with Crippen LogP contribution < -0.4 is 10.2 Å². The molecule has 0 unspecified atom stereocenters. The van der Waals surface area contributed by atoms with Gasteiger partial charge in [0.2, 0.25) is 11.0 Å². The lowest BCUT2D eigenvalue weighted by Gasteiger charge is -2.34. The minimum absolute atomic E-state index is 0.127. The lowest BCUT2D eigenvalue weighted by Crippen LogP contribution is -2.48. The number of amides is 1. The fourth-order valence-electron chi connectivity index (χ4n) is 2.87. The average molecular weight is 412 g/mol. The smallest absolute Gasteiger partial charge is 0.237 e. The number of carbonyl (C=O) groups excluding carboxylic acids is 1. The highest BCUT2D eigenvalue weighted by Crippen LogP contribution is 2.20. The average Bonchev–Trinajstić information content (AvgIpc) is 3.12. The maximum atomic E-state index is 13.0. The summed E-state index contributed by atoms with van der Waals surface area (Å²) < 4.78 is 17.4. The monoisotopic (exact) mass is 411 g/mol.